The maximum absolute atomic E-state index is 11.4. The molecule has 100 valence electrons. The van der Waals surface area contributed by atoms with Crippen LogP contribution in [0, 0.1) is 12.3 Å². The number of carboxylic acids is 1. The second-order valence-corrected chi connectivity index (χ2v) is 3.53. The highest BCUT2D eigenvalue weighted by molar-refractivity contribution is 5.88. The maximum Gasteiger partial charge on any atom is 0.327 e. The van der Waals surface area contributed by atoms with Crippen molar-refractivity contribution in [2.45, 2.75) is 32.4 Å². The van der Waals surface area contributed by atoms with Gasteiger partial charge >= 0.3 is 12.0 Å². The Bertz CT molecular complexity index is 362. The first kappa shape index (κ1) is 15.8. The van der Waals surface area contributed by atoms with E-state index in [2.05, 4.69) is 21.9 Å². The number of terminal acetylenes is 1. The number of urea groups is 1. The van der Waals surface area contributed by atoms with Crippen molar-refractivity contribution >= 4 is 17.9 Å². The Balaban J connectivity index is 4.28. The largest absolute Gasteiger partial charge is 0.480 e. The highest BCUT2D eigenvalue weighted by Crippen LogP contribution is 1.91. The summed E-state index contributed by atoms with van der Waals surface area (Å²) in [6.07, 6.45) is 4.86. The molecule has 0 aromatic carbocycles. The third kappa shape index (κ3) is 5.75. The van der Waals surface area contributed by atoms with Gasteiger partial charge in [0.2, 0.25) is 5.91 Å². The van der Waals surface area contributed by atoms with Gasteiger partial charge < -0.3 is 21.1 Å². The molecule has 0 heterocycles. The van der Waals surface area contributed by atoms with Crippen LogP contribution in [-0.4, -0.2) is 41.6 Å². The molecular formula is C11H17N3O4. The van der Waals surface area contributed by atoms with Crippen molar-refractivity contribution in [2.75, 3.05) is 6.54 Å². The molecule has 0 radical (unpaired) electrons. The van der Waals surface area contributed by atoms with E-state index in [9.17, 15) is 14.4 Å². The van der Waals surface area contributed by atoms with Crippen LogP contribution in [-0.2, 0) is 9.59 Å². The quantitative estimate of drug-likeness (QED) is 0.470. The Morgan fingerprint density at radius 3 is 2.39 bits per heavy atom. The van der Waals surface area contributed by atoms with E-state index >= 15 is 0 Å². The van der Waals surface area contributed by atoms with Crippen LogP contribution in [0.5, 0.6) is 0 Å². The number of rotatable bonds is 6. The molecular weight excluding hydrogens is 238 g/mol. The Hall–Kier alpha value is -2.23. The van der Waals surface area contributed by atoms with Crippen molar-refractivity contribution in [3.05, 3.63) is 0 Å². The van der Waals surface area contributed by atoms with Gasteiger partial charge in [0.1, 0.15) is 12.1 Å². The minimum Gasteiger partial charge on any atom is -0.480 e. The van der Waals surface area contributed by atoms with Crippen LogP contribution < -0.4 is 16.0 Å². The van der Waals surface area contributed by atoms with E-state index in [4.69, 9.17) is 11.5 Å². The number of hydrogen-bond acceptors (Lipinski definition) is 3. The number of carbonyl (C=O) groups excluding carboxylic acids is 2. The molecule has 0 aliphatic rings. The summed E-state index contributed by atoms with van der Waals surface area (Å²) in [5, 5.41) is 15.8. The van der Waals surface area contributed by atoms with E-state index in [1.807, 2.05) is 0 Å². The smallest absolute Gasteiger partial charge is 0.327 e. The molecule has 2 unspecified atom stereocenters. The molecule has 0 saturated carbocycles. The van der Waals surface area contributed by atoms with Crippen LogP contribution in [0.1, 0.15) is 20.3 Å². The van der Waals surface area contributed by atoms with Crippen molar-refractivity contribution in [1.29, 1.82) is 0 Å². The summed E-state index contributed by atoms with van der Waals surface area (Å²) in [6, 6.07) is -2.68. The van der Waals surface area contributed by atoms with Crippen molar-refractivity contribution in [3.63, 3.8) is 0 Å². The zero-order valence-corrected chi connectivity index (χ0v) is 10.3. The summed E-state index contributed by atoms with van der Waals surface area (Å²) in [6.45, 7) is 3.68. The molecule has 3 amide bonds. The first-order valence-corrected chi connectivity index (χ1v) is 5.43. The van der Waals surface area contributed by atoms with Gasteiger partial charge in [-0.2, -0.15) is 0 Å². The molecule has 7 heteroatoms. The highest BCUT2D eigenvalue weighted by Gasteiger charge is 2.21. The third-order valence-electron chi connectivity index (χ3n) is 2.02. The third-order valence-corrected chi connectivity index (χ3v) is 2.02. The number of aliphatic carboxylic acids is 1. The molecule has 0 saturated heterocycles. The van der Waals surface area contributed by atoms with Gasteiger partial charge in [-0.1, -0.05) is 0 Å². The van der Waals surface area contributed by atoms with Gasteiger partial charge in [0.25, 0.3) is 0 Å². The standard InChI is InChI=1S/C11H17N3O4/c1-4-6-8(10(16)17)14-11(18)13-7(3)9(15)12-5-2/h1,7-8H,5-6H2,2-3H3,(H,12,15)(H,16,17)(H2,13,14,18). The van der Waals surface area contributed by atoms with Gasteiger partial charge in [0, 0.05) is 13.0 Å². The first-order chi connectivity index (χ1) is 8.42. The van der Waals surface area contributed by atoms with Gasteiger partial charge in [-0.3, -0.25) is 4.79 Å². The molecule has 7 nitrogen and oxygen atoms in total. The summed E-state index contributed by atoms with van der Waals surface area (Å²) in [7, 11) is 0. The molecule has 0 bridgehead atoms. The average molecular weight is 255 g/mol. The first-order valence-electron chi connectivity index (χ1n) is 5.43. The number of carboxylic acid groups (broad SMARTS) is 1. The summed E-state index contributed by atoms with van der Waals surface area (Å²) in [5.74, 6) is 0.570. The van der Waals surface area contributed by atoms with Crippen molar-refractivity contribution in [1.82, 2.24) is 16.0 Å². The summed E-state index contributed by atoms with van der Waals surface area (Å²) in [4.78, 5) is 33.5. The van der Waals surface area contributed by atoms with E-state index in [0.29, 0.717) is 6.54 Å². The second-order valence-electron chi connectivity index (χ2n) is 3.53. The Labute approximate surface area is 105 Å². The van der Waals surface area contributed by atoms with Crippen LogP contribution >= 0.6 is 0 Å². The van der Waals surface area contributed by atoms with Gasteiger partial charge in [0.05, 0.1) is 0 Å². The fraction of sp³-hybridized carbons (Fsp3) is 0.545. The number of nitrogens with one attached hydrogen (secondary N) is 3. The summed E-state index contributed by atoms with van der Waals surface area (Å²) in [5.41, 5.74) is 0. The number of carbonyl (C=O) groups is 3. The van der Waals surface area contributed by atoms with E-state index in [0.717, 1.165) is 0 Å². The van der Waals surface area contributed by atoms with Crippen LogP contribution in [0.25, 0.3) is 0 Å². The Morgan fingerprint density at radius 2 is 1.94 bits per heavy atom. The van der Waals surface area contributed by atoms with Crippen LogP contribution in [0.15, 0.2) is 0 Å². The lowest BCUT2D eigenvalue weighted by molar-refractivity contribution is -0.139. The van der Waals surface area contributed by atoms with Crippen molar-refractivity contribution in [2.24, 2.45) is 0 Å². The molecule has 0 aromatic heterocycles. The fourth-order valence-corrected chi connectivity index (χ4v) is 1.11. The van der Waals surface area contributed by atoms with E-state index in [1.54, 1.807) is 6.92 Å². The predicted octanol–water partition coefficient (Wildman–Crippen LogP) is -0.713. The van der Waals surface area contributed by atoms with E-state index in [1.165, 1.54) is 6.92 Å². The SMILES string of the molecule is C#CCC(NC(=O)NC(C)C(=O)NCC)C(=O)O. The van der Waals surface area contributed by atoms with Crippen molar-refractivity contribution < 1.29 is 19.5 Å². The molecule has 0 aliphatic heterocycles. The monoisotopic (exact) mass is 255 g/mol. The van der Waals surface area contributed by atoms with E-state index < -0.39 is 24.1 Å². The highest BCUT2D eigenvalue weighted by atomic mass is 16.4. The zero-order chi connectivity index (χ0) is 14.1. The molecule has 0 spiro atoms. The lowest BCUT2D eigenvalue weighted by Gasteiger charge is -2.16. The minimum atomic E-state index is -1.23. The molecule has 0 aromatic rings. The van der Waals surface area contributed by atoms with Crippen molar-refractivity contribution in [3.8, 4) is 12.3 Å². The molecule has 0 rings (SSSR count). The molecule has 18 heavy (non-hydrogen) atoms. The van der Waals surface area contributed by atoms with Gasteiger partial charge in [-0.25, -0.2) is 9.59 Å². The maximum atomic E-state index is 11.4. The Morgan fingerprint density at radius 1 is 1.33 bits per heavy atom. The number of hydrogen-bond donors (Lipinski definition) is 4. The number of amides is 3. The molecule has 4 N–H and O–H groups in total. The van der Waals surface area contributed by atoms with Gasteiger partial charge in [-0.05, 0) is 13.8 Å². The molecule has 2 atom stereocenters. The zero-order valence-electron chi connectivity index (χ0n) is 10.3. The summed E-state index contributed by atoms with van der Waals surface area (Å²) < 4.78 is 0. The van der Waals surface area contributed by atoms with Crippen LogP contribution in [0.3, 0.4) is 0 Å². The van der Waals surface area contributed by atoms with Crippen LogP contribution in [0.2, 0.25) is 0 Å². The molecule has 0 fully saturated rings. The minimum absolute atomic E-state index is 0.127. The van der Waals surface area contributed by atoms with E-state index in [-0.39, 0.29) is 12.3 Å². The fourth-order valence-electron chi connectivity index (χ4n) is 1.11. The predicted molar refractivity (Wildman–Crippen MR) is 64.7 cm³/mol. The molecule has 0 aliphatic carbocycles. The lowest BCUT2D eigenvalue weighted by Crippen LogP contribution is -2.52. The second kappa shape index (κ2) is 7.95. The van der Waals surface area contributed by atoms with Gasteiger partial charge in [0.15, 0.2) is 0 Å². The number of likely N-dealkylation sites (N-methyl/N-ethyl adjacent to an activating group) is 1. The summed E-state index contributed by atoms with van der Waals surface area (Å²) >= 11 is 0. The topological polar surface area (TPSA) is 108 Å². The van der Waals surface area contributed by atoms with Crippen LogP contribution in [0.4, 0.5) is 4.79 Å². The van der Waals surface area contributed by atoms with Gasteiger partial charge in [-0.15, -0.1) is 12.3 Å². The Kier molecular flexibility index (Phi) is 6.96. The normalized spacial score (nSPS) is 12.7. The average Bonchev–Trinajstić information content (AvgIpc) is 2.28. The lowest BCUT2D eigenvalue weighted by atomic mass is 10.2.